The van der Waals surface area contributed by atoms with E-state index in [2.05, 4.69) is 25.9 Å². The molecule has 0 radical (unpaired) electrons. The maximum absolute atomic E-state index is 13.4. The number of nitrogens with zero attached hydrogens (tertiary/aromatic N) is 2. The highest BCUT2D eigenvalue weighted by molar-refractivity contribution is 6.51. The number of aliphatic hydroxyl groups is 1. The number of rotatable bonds is 3. The number of anilines is 1. The molecule has 1 aromatic heterocycles. The van der Waals surface area contributed by atoms with Crippen LogP contribution in [0.25, 0.3) is 5.76 Å². The van der Waals surface area contributed by atoms with Gasteiger partial charge in [-0.3, -0.25) is 14.5 Å². The van der Waals surface area contributed by atoms with Gasteiger partial charge in [0, 0.05) is 11.6 Å². The van der Waals surface area contributed by atoms with E-state index in [4.69, 9.17) is 4.52 Å². The average Bonchev–Trinajstić information content (AvgIpc) is 3.28. The molecule has 0 aliphatic carbocycles. The van der Waals surface area contributed by atoms with Gasteiger partial charge < -0.3 is 9.63 Å². The van der Waals surface area contributed by atoms with Crippen LogP contribution in [0.5, 0.6) is 0 Å². The van der Waals surface area contributed by atoms with E-state index in [-0.39, 0.29) is 28.1 Å². The van der Waals surface area contributed by atoms with Crippen LogP contribution < -0.4 is 4.90 Å². The first kappa shape index (κ1) is 21.5. The quantitative estimate of drug-likeness (QED) is 0.354. The van der Waals surface area contributed by atoms with Gasteiger partial charge in [-0.2, -0.15) is 0 Å². The van der Waals surface area contributed by atoms with Gasteiger partial charge in [-0.05, 0) is 47.7 Å². The molecule has 32 heavy (non-hydrogen) atoms. The van der Waals surface area contributed by atoms with Gasteiger partial charge in [-0.15, -0.1) is 0 Å². The molecule has 1 atom stereocenters. The van der Waals surface area contributed by atoms with Gasteiger partial charge in [-0.25, -0.2) is 4.39 Å². The number of carbonyl (C=O) groups excluding carboxylic acids is 2. The van der Waals surface area contributed by atoms with Crippen LogP contribution in [0.1, 0.15) is 49.3 Å². The van der Waals surface area contributed by atoms with Crippen molar-refractivity contribution < 1.29 is 23.6 Å². The SMILES string of the molecule is Cc1cc(N2C(=O)C(=O)/C(=C(/O)c3ccc(F)cc3)[C@H]2c2ccc(C(C)(C)C)cc2)no1. The first-order chi connectivity index (χ1) is 15.1. The summed E-state index contributed by atoms with van der Waals surface area (Å²) in [5, 5.41) is 14.9. The number of aliphatic hydroxyl groups excluding tert-OH is 1. The number of hydrogen-bond acceptors (Lipinski definition) is 5. The van der Waals surface area contributed by atoms with Gasteiger partial charge in [0.2, 0.25) is 0 Å². The lowest BCUT2D eigenvalue weighted by Gasteiger charge is -2.24. The predicted octanol–water partition coefficient (Wildman–Crippen LogP) is 5.05. The van der Waals surface area contributed by atoms with Crippen molar-refractivity contribution in [1.82, 2.24) is 5.16 Å². The van der Waals surface area contributed by atoms with Crippen molar-refractivity contribution in [2.45, 2.75) is 39.2 Å². The summed E-state index contributed by atoms with van der Waals surface area (Å²) >= 11 is 0. The van der Waals surface area contributed by atoms with Gasteiger partial charge in [0.05, 0.1) is 11.6 Å². The maximum Gasteiger partial charge on any atom is 0.301 e. The Bertz CT molecular complexity index is 1220. The summed E-state index contributed by atoms with van der Waals surface area (Å²) in [4.78, 5) is 27.3. The number of hydrogen-bond donors (Lipinski definition) is 1. The highest BCUT2D eigenvalue weighted by Crippen LogP contribution is 2.42. The number of amides is 1. The minimum absolute atomic E-state index is 0.0856. The summed E-state index contributed by atoms with van der Waals surface area (Å²) in [5.74, 6) is -1.88. The topological polar surface area (TPSA) is 83.6 Å². The van der Waals surface area contributed by atoms with Crippen molar-refractivity contribution in [2.24, 2.45) is 0 Å². The third-order valence-corrected chi connectivity index (χ3v) is 5.52. The smallest absolute Gasteiger partial charge is 0.301 e. The number of Topliss-reactive ketones (excluding diaryl/α,β-unsaturated/α-hetero) is 1. The fourth-order valence-electron chi connectivity index (χ4n) is 3.78. The van der Waals surface area contributed by atoms with E-state index in [1.54, 1.807) is 13.0 Å². The van der Waals surface area contributed by atoms with Crippen molar-refractivity contribution in [1.29, 1.82) is 0 Å². The Morgan fingerprint density at radius 2 is 1.69 bits per heavy atom. The lowest BCUT2D eigenvalue weighted by Crippen LogP contribution is -2.29. The Morgan fingerprint density at radius 1 is 1.06 bits per heavy atom. The summed E-state index contributed by atoms with van der Waals surface area (Å²) in [5.41, 5.74) is 1.76. The molecule has 2 aromatic carbocycles. The van der Waals surface area contributed by atoms with Crippen LogP contribution in [-0.4, -0.2) is 22.0 Å². The Balaban J connectivity index is 1.91. The predicted molar refractivity (Wildman–Crippen MR) is 118 cm³/mol. The third kappa shape index (κ3) is 3.70. The monoisotopic (exact) mass is 434 g/mol. The fraction of sp³-hybridized carbons (Fsp3) is 0.240. The van der Waals surface area contributed by atoms with Gasteiger partial charge in [-0.1, -0.05) is 50.2 Å². The van der Waals surface area contributed by atoms with Crippen LogP contribution in [0.15, 0.2) is 64.7 Å². The molecule has 0 bridgehead atoms. The zero-order valence-corrected chi connectivity index (χ0v) is 18.2. The Hall–Kier alpha value is -3.74. The van der Waals surface area contributed by atoms with Gasteiger partial charge >= 0.3 is 5.91 Å². The van der Waals surface area contributed by atoms with Crippen LogP contribution in [0.4, 0.5) is 10.2 Å². The first-order valence-corrected chi connectivity index (χ1v) is 10.2. The Kier molecular flexibility index (Phi) is 5.20. The molecule has 3 aromatic rings. The average molecular weight is 434 g/mol. The van der Waals surface area contributed by atoms with Crippen molar-refractivity contribution >= 4 is 23.3 Å². The number of halogens is 1. The molecule has 1 aliphatic rings. The molecule has 4 rings (SSSR count). The van der Waals surface area contributed by atoms with E-state index in [9.17, 15) is 19.1 Å². The number of benzene rings is 2. The van der Waals surface area contributed by atoms with Gasteiger partial charge in [0.15, 0.2) is 5.82 Å². The van der Waals surface area contributed by atoms with Crippen LogP contribution in [0.2, 0.25) is 0 Å². The number of aryl methyl sites for hydroxylation is 1. The van der Waals surface area contributed by atoms with Gasteiger partial charge in [0.25, 0.3) is 5.78 Å². The summed E-state index contributed by atoms with van der Waals surface area (Å²) in [6, 6.07) is 13.2. The molecule has 2 heterocycles. The van der Waals surface area contributed by atoms with Crippen molar-refractivity contribution in [3.63, 3.8) is 0 Å². The summed E-state index contributed by atoms with van der Waals surface area (Å²) in [6.07, 6.45) is 0. The molecule has 1 amide bonds. The van der Waals surface area contributed by atoms with Crippen LogP contribution >= 0.6 is 0 Å². The molecule has 6 nitrogen and oxygen atoms in total. The molecule has 1 N–H and O–H groups in total. The summed E-state index contributed by atoms with van der Waals surface area (Å²) < 4.78 is 18.5. The number of aromatic nitrogens is 1. The number of carbonyl (C=O) groups is 2. The highest BCUT2D eigenvalue weighted by Gasteiger charge is 2.48. The lowest BCUT2D eigenvalue weighted by atomic mass is 9.85. The number of ketones is 1. The van der Waals surface area contributed by atoms with Crippen molar-refractivity contribution in [3.8, 4) is 0 Å². The minimum atomic E-state index is -0.918. The Labute approximate surface area is 185 Å². The summed E-state index contributed by atoms with van der Waals surface area (Å²) in [6.45, 7) is 7.93. The van der Waals surface area contributed by atoms with E-state index >= 15 is 0 Å². The fourth-order valence-corrected chi connectivity index (χ4v) is 3.78. The van der Waals surface area contributed by atoms with E-state index in [1.807, 2.05) is 24.3 Å². The molecular weight excluding hydrogens is 411 g/mol. The van der Waals surface area contributed by atoms with E-state index < -0.39 is 23.5 Å². The molecule has 0 spiro atoms. The molecule has 1 aliphatic heterocycles. The minimum Gasteiger partial charge on any atom is -0.507 e. The highest BCUT2D eigenvalue weighted by atomic mass is 19.1. The standard InChI is InChI=1S/C25H23FN2O4/c1-14-13-19(27-32-14)28-21(15-5-9-17(10-6-15)25(2,3)4)20(23(30)24(28)31)22(29)16-7-11-18(26)12-8-16/h5-13,21,29H,1-4H3/b22-20+/t21-/m1/s1. The van der Waals surface area contributed by atoms with E-state index in [0.717, 1.165) is 5.56 Å². The zero-order chi connectivity index (χ0) is 23.2. The second kappa shape index (κ2) is 7.75. The summed E-state index contributed by atoms with van der Waals surface area (Å²) in [7, 11) is 0. The molecular formula is C25H23FN2O4. The molecule has 1 saturated heterocycles. The largest absolute Gasteiger partial charge is 0.507 e. The lowest BCUT2D eigenvalue weighted by molar-refractivity contribution is -0.132. The van der Waals surface area contributed by atoms with Gasteiger partial charge in [0.1, 0.15) is 17.3 Å². The molecule has 0 unspecified atom stereocenters. The van der Waals surface area contributed by atoms with Crippen LogP contribution in [-0.2, 0) is 15.0 Å². The zero-order valence-electron chi connectivity index (χ0n) is 18.2. The molecule has 164 valence electrons. The normalized spacial score (nSPS) is 18.4. The second-order valence-electron chi connectivity index (χ2n) is 8.84. The van der Waals surface area contributed by atoms with E-state index in [1.165, 1.54) is 29.2 Å². The van der Waals surface area contributed by atoms with Crippen LogP contribution in [0.3, 0.4) is 0 Å². The second-order valence-corrected chi connectivity index (χ2v) is 8.84. The Morgan fingerprint density at radius 3 is 2.22 bits per heavy atom. The van der Waals surface area contributed by atoms with Crippen molar-refractivity contribution in [3.05, 3.63) is 88.4 Å². The molecule has 0 saturated carbocycles. The third-order valence-electron chi connectivity index (χ3n) is 5.52. The molecule has 7 heteroatoms. The maximum atomic E-state index is 13.4. The molecule has 1 fully saturated rings. The van der Waals surface area contributed by atoms with E-state index in [0.29, 0.717) is 11.3 Å². The first-order valence-electron chi connectivity index (χ1n) is 10.2. The van der Waals surface area contributed by atoms with Crippen molar-refractivity contribution in [2.75, 3.05) is 4.90 Å². The van der Waals surface area contributed by atoms with Crippen LogP contribution in [0, 0.1) is 12.7 Å².